The third-order valence-corrected chi connectivity index (χ3v) is 5.76. The van der Waals surface area contributed by atoms with Crippen molar-refractivity contribution >= 4 is 17.5 Å². The molecule has 0 saturated carbocycles. The van der Waals surface area contributed by atoms with Crippen LogP contribution in [0.15, 0.2) is 18.2 Å². The second-order valence-electron chi connectivity index (χ2n) is 7.14. The van der Waals surface area contributed by atoms with E-state index in [4.69, 9.17) is 9.47 Å². The highest BCUT2D eigenvalue weighted by Crippen LogP contribution is 2.35. The summed E-state index contributed by atoms with van der Waals surface area (Å²) in [5, 5.41) is 3.18. The molecule has 2 amide bonds. The largest absolute Gasteiger partial charge is 0.381 e. The van der Waals surface area contributed by atoms with Crippen molar-refractivity contribution in [2.24, 2.45) is 0 Å². The van der Waals surface area contributed by atoms with E-state index in [2.05, 4.69) is 5.32 Å². The van der Waals surface area contributed by atoms with Gasteiger partial charge in [-0.3, -0.25) is 9.59 Å². The van der Waals surface area contributed by atoms with Crippen molar-refractivity contribution in [1.82, 2.24) is 5.32 Å². The van der Waals surface area contributed by atoms with E-state index in [0.717, 1.165) is 30.5 Å². The molecule has 3 heterocycles. The van der Waals surface area contributed by atoms with Gasteiger partial charge < -0.3 is 19.7 Å². The lowest BCUT2D eigenvalue weighted by molar-refractivity contribution is -0.118. The van der Waals surface area contributed by atoms with Crippen molar-refractivity contribution in [3.8, 4) is 0 Å². The minimum atomic E-state index is -0.269. The maximum absolute atomic E-state index is 12.8. The van der Waals surface area contributed by atoms with Crippen molar-refractivity contribution in [3.63, 3.8) is 0 Å². The third kappa shape index (κ3) is 2.93. The molecule has 1 aromatic carbocycles. The highest BCUT2D eigenvalue weighted by molar-refractivity contribution is 5.99. The molecule has 0 radical (unpaired) electrons. The van der Waals surface area contributed by atoms with Gasteiger partial charge in [0.1, 0.15) is 0 Å². The maximum atomic E-state index is 12.8. The Hall–Kier alpha value is -1.92. The van der Waals surface area contributed by atoms with Crippen LogP contribution >= 0.6 is 0 Å². The second-order valence-corrected chi connectivity index (χ2v) is 7.14. The number of nitrogens with one attached hydrogen (secondary N) is 1. The molecule has 2 fully saturated rings. The normalized spacial score (nSPS) is 25.1. The fraction of sp³-hybridized carbons (Fsp3) is 0.579. The molecule has 1 spiro atoms. The number of fused-ring (bicyclic) bond motifs is 1. The zero-order chi connectivity index (χ0) is 17.4. The lowest BCUT2D eigenvalue weighted by Crippen LogP contribution is -2.52. The van der Waals surface area contributed by atoms with Gasteiger partial charge in [0.2, 0.25) is 5.91 Å². The summed E-state index contributed by atoms with van der Waals surface area (Å²) in [6.45, 7) is 2.05. The first-order valence-electron chi connectivity index (χ1n) is 9.01. The Morgan fingerprint density at radius 3 is 2.84 bits per heavy atom. The molecule has 6 nitrogen and oxygen atoms in total. The van der Waals surface area contributed by atoms with E-state index in [1.165, 1.54) is 0 Å². The first-order chi connectivity index (χ1) is 12.1. The summed E-state index contributed by atoms with van der Waals surface area (Å²) in [7, 11) is 1.78. The molecule has 0 aliphatic carbocycles. The Morgan fingerprint density at radius 2 is 2.04 bits per heavy atom. The monoisotopic (exact) mass is 344 g/mol. The van der Waals surface area contributed by atoms with E-state index in [-0.39, 0.29) is 23.5 Å². The van der Waals surface area contributed by atoms with Crippen LogP contribution in [-0.4, -0.2) is 50.3 Å². The molecular formula is C19H24N2O4. The molecule has 25 heavy (non-hydrogen) atoms. The molecule has 3 aliphatic rings. The van der Waals surface area contributed by atoms with E-state index in [1.807, 2.05) is 12.1 Å². The maximum Gasteiger partial charge on any atom is 0.251 e. The van der Waals surface area contributed by atoms with Crippen molar-refractivity contribution in [2.45, 2.75) is 43.7 Å². The van der Waals surface area contributed by atoms with Crippen LogP contribution in [0.3, 0.4) is 0 Å². The van der Waals surface area contributed by atoms with Gasteiger partial charge in [-0.15, -0.1) is 0 Å². The van der Waals surface area contributed by atoms with Gasteiger partial charge in [0.15, 0.2) is 0 Å². The number of carbonyl (C=O) groups is 2. The number of anilines is 1. The molecule has 0 aromatic heterocycles. The lowest BCUT2D eigenvalue weighted by atomic mass is 9.86. The van der Waals surface area contributed by atoms with E-state index in [1.54, 1.807) is 18.0 Å². The van der Waals surface area contributed by atoms with Crippen molar-refractivity contribution in [3.05, 3.63) is 29.3 Å². The van der Waals surface area contributed by atoms with Gasteiger partial charge in [-0.2, -0.15) is 0 Å². The number of benzene rings is 1. The summed E-state index contributed by atoms with van der Waals surface area (Å²) < 4.78 is 11.5. The van der Waals surface area contributed by atoms with Gasteiger partial charge in [-0.25, -0.2) is 0 Å². The molecular weight excluding hydrogens is 320 g/mol. The van der Waals surface area contributed by atoms with Gasteiger partial charge in [0, 0.05) is 57.4 Å². The number of amides is 2. The Morgan fingerprint density at radius 1 is 1.24 bits per heavy atom. The second kappa shape index (κ2) is 6.42. The van der Waals surface area contributed by atoms with Crippen LogP contribution in [0.2, 0.25) is 0 Å². The highest BCUT2D eigenvalue weighted by Gasteiger charge is 2.46. The fourth-order valence-corrected chi connectivity index (χ4v) is 4.20. The Balaban J connectivity index is 1.51. The number of hydrogen-bond donors (Lipinski definition) is 1. The SMILES string of the molecule is CN1C(=O)CCc2cc(C(=O)NC3CCOC34CCOCC4)ccc21. The van der Waals surface area contributed by atoms with Gasteiger partial charge >= 0.3 is 0 Å². The summed E-state index contributed by atoms with van der Waals surface area (Å²) in [4.78, 5) is 26.2. The van der Waals surface area contributed by atoms with E-state index in [9.17, 15) is 9.59 Å². The summed E-state index contributed by atoms with van der Waals surface area (Å²) in [5.41, 5.74) is 2.33. The van der Waals surface area contributed by atoms with Crippen LogP contribution in [0.1, 0.15) is 41.6 Å². The first kappa shape index (κ1) is 16.5. The highest BCUT2D eigenvalue weighted by atomic mass is 16.5. The van der Waals surface area contributed by atoms with E-state index < -0.39 is 0 Å². The zero-order valence-corrected chi connectivity index (χ0v) is 14.5. The molecule has 1 aromatic rings. The molecule has 4 rings (SSSR count). The van der Waals surface area contributed by atoms with Crippen molar-refractivity contribution in [1.29, 1.82) is 0 Å². The molecule has 6 heteroatoms. The predicted octanol–water partition coefficient (Wildman–Crippen LogP) is 1.66. The van der Waals surface area contributed by atoms with Crippen LogP contribution in [0.4, 0.5) is 5.69 Å². The van der Waals surface area contributed by atoms with E-state index in [0.29, 0.717) is 38.2 Å². The Labute approximate surface area is 147 Å². The zero-order valence-electron chi connectivity index (χ0n) is 14.5. The topological polar surface area (TPSA) is 67.9 Å². The minimum absolute atomic E-state index is 0.0317. The first-order valence-corrected chi connectivity index (χ1v) is 9.01. The fourth-order valence-electron chi connectivity index (χ4n) is 4.20. The predicted molar refractivity (Wildman–Crippen MR) is 92.8 cm³/mol. The third-order valence-electron chi connectivity index (χ3n) is 5.76. The van der Waals surface area contributed by atoms with Gasteiger partial charge in [0.05, 0.1) is 11.6 Å². The molecule has 1 atom stereocenters. The van der Waals surface area contributed by atoms with E-state index >= 15 is 0 Å². The molecule has 1 N–H and O–H groups in total. The molecule has 2 saturated heterocycles. The van der Waals surface area contributed by atoms with Gasteiger partial charge in [-0.05, 0) is 36.6 Å². The summed E-state index contributed by atoms with van der Waals surface area (Å²) in [6.07, 6.45) is 3.68. The quantitative estimate of drug-likeness (QED) is 0.886. The number of aryl methyl sites for hydroxylation is 1. The van der Waals surface area contributed by atoms with Crippen molar-refractivity contribution < 1.29 is 19.1 Å². The molecule has 1 unspecified atom stereocenters. The number of nitrogens with zero attached hydrogens (tertiary/aromatic N) is 1. The van der Waals surface area contributed by atoms with Crippen LogP contribution in [-0.2, 0) is 20.7 Å². The van der Waals surface area contributed by atoms with Crippen LogP contribution < -0.4 is 10.2 Å². The van der Waals surface area contributed by atoms with Crippen LogP contribution in [0.5, 0.6) is 0 Å². The molecule has 3 aliphatic heterocycles. The molecule has 0 bridgehead atoms. The number of rotatable bonds is 2. The van der Waals surface area contributed by atoms with Gasteiger partial charge in [-0.1, -0.05) is 0 Å². The smallest absolute Gasteiger partial charge is 0.251 e. The van der Waals surface area contributed by atoms with Crippen LogP contribution in [0.25, 0.3) is 0 Å². The Kier molecular flexibility index (Phi) is 4.25. The standard InChI is InChI=1S/C19H24N2O4/c1-21-15-4-2-14(12-13(15)3-5-17(21)22)18(23)20-16-6-9-25-19(16)7-10-24-11-8-19/h2,4,12,16H,3,5-11H2,1H3,(H,20,23). The summed E-state index contributed by atoms with van der Waals surface area (Å²) in [6, 6.07) is 5.62. The Bertz CT molecular complexity index is 697. The van der Waals surface area contributed by atoms with Gasteiger partial charge in [0.25, 0.3) is 5.91 Å². The number of carbonyl (C=O) groups excluding carboxylic acids is 2. The summed E-state index contributed by atoms with van der Waals surface area (Å²) in [5.74, 6) is 0.0537. The minimum Gasteiger partial charge on any atom is -0.381 e. The average Bonchev–Trinajstić information content (AvgIpc) is 3.00. The summed E-state index contributed by atoms with van der Waals surface area (Å²) >= 11 is 0. The molecule has 134 valence electrons. The van der Waals surface area contributed by atoms with Crippen LogP contribution in [0, 0.1) is 0 Å². The number of hydrogen-bond acceptors (Lipinski definition) is 4. The number of ether oxygens (including phenoxy) is 2. The average molecular weight is 344 g/mol. The lowest BCUT2D eigenvalue weighted by Gasteiger charge is -2.37. The van der Waals surface area contributed by atoms with Crippen molar-refractivity contribution in [2.75, 3.05) is 31.8 Å².